The first-order valence-electron chi connectivity index (χ1n) is 8.70. The van der Waals surface area contributed by atoms with E-state index in [1.165, 1.54) is 11.3 Å². The van der Waals surface area contributed by atoms with E-state index in [-0.39, 0.29) is 24.0 Å². The third kappa shape index (κ3) is 10.5. The zero-order valence-corrected chi connectivity index (χ0v) is 18.6. The summed E-state index contributed by atoms with van der Waals surface area (Å²) in [6.45, 7) is 12.6. The van der Waals surface area contributed by atoms with Crippen LogP contribution in [0.4, 0.5) is 0 Å². The van der Waals surface area contributed by atoms with E-state index in [1.807, 2.05) is 0 Å². The van der Waals surface area contributed by atoms with Gasteiger partial charge < -0.3 is 15.4 Å². The molecule has 1 aromatic heterocycles. The summed E-state index contributed by atoms with van der Waals surface area (Å²) in [5.41, 5.74) is 1.15. The van der Waals surface area contributed by atoms with E-state index in [4.69, 9.17) is 4.74 Å². The smallest absolute Gasteiger partial charge is 0.191 e. The van der Waals surface area contributed by atoms with Crippen LogP contribution < -0.4 is 10.6 Å². The van der Waals surface area contributed by atoms with Gasteiger partial charge in [0.05, 0.1) is 10.7 Å². The van der Waals surface area contributed by atoms with Crippen LogP contribution in [-0.4, -0.2) is 43.8 Å². The molecule has 0 radical (unpaired) electrons. The van der Waals surface area contributed by atoms with Crippen molar-refractivity contribution in [1.82, 2.24) is 15.6 Å². The van der Waals surface area contributed by atoms with E-state index in [2.05, 4.69) is 48.3 Å². The van der Waals surface area contributed by atoms with Gasteiger partial charge in [0, 0.05) is 44.1 Å². The normalized spacial score (nSPS) is 11.2. The molecule has 0 amide bonds. The predicted octanol–water partition coefficient (Wildman–Crippen LogP) is 3.68. The van der Waals surface area contributed by atoms with Gasteiger partial charge in [-0.05, 0) is 33.6 Å². The molecule has 0 unspecified atom stereocenters. The van der Waals surface area contributed by atoms with Gasteiger partial charge >= 0.3 is 0 Å². The molecule has 0 saturated heterocycles. The summed E-state index contributed by atoms with van der Waals surface area (Å²) < 4.78 is 5.55. The number of guanidine groups is 1. The number of unbranched alkanes of at least 4 members (excludes halogenated alkanes) is 1. The minimum atomic E-state index is 0. The highest BCUT2D eigenvalue weighted by molar-refractivity contribution is 14.0. The van der Waals surface area contributed by atoms with Crippen molar-refractivity contribution < 1.29 is 4.74 Å². The molecule has 0 bridgehead atoms. The molecule has 0 aliphatic carbocycles. The van der Waals surface area contributed by atoms with Crippen molar-refractivity contribution in [1.29, 1.82) is 0 Å². The lowest BCUT2D eigenvalue weighted by Gasteiger charge is -2.11. The molecule has 0 fully saturated rings. The van der Waals surface area contributed by atoms with Gasteiger partial charge in [0.15, 0.2) is 5.96 Å². The van der Waals surface area contributed by atoms with Gasteiger partial charge in [-0.2, -0.15) is 0 Å². The van der Waals surface area contributed by atoms with Crippen molar-refractivity contribution in [2.24, 2.45) is 4.99 Å². The number of rotatable bonds is 11. The Hall–Kier alpha value is -0.410. The monoisotopic (exact) mass is 468 g/mol. The van der Waals surface area contributed by atoms with E-state index in [9.17, 15) is 0 Å². The SMILES string of the molecule is CCCCOCCCN=C(NCC)NCCc1sc(C)nc1C.I. The Morgan fingerprint density at radius 1 is 1.17 bits per heavy atom. The highest BCUT2D eigenvalue weighted by atomic mass is 127. The zero-order chi connectivity index (χ0) is 16.9. The number of aryl methyl sites for hydroxylation is 2. The summed E-state index contributed by atoms with van der Waals surface area (Å²) in [4.78, 5) is 10.4. The molecule has 2 N–H and O–H groups in total. The average molecular weight is 468 g/mol. The predicted molar refractivity (Wildman–Crippen MR) is 115 cm³/mol. The quantitative estimate of drug-likeness (QED) is 0.225. The van der Waals surface area contributed by atoms with E-state index in [1.54, 1.807) is 11.3 Å². The Kier molecular flexibility index (Phi) is 14.6. The van der Waals surface area contributed by atoms with Gasteiger partial charge in [-0.25, -0.2) is 4.98 Å². The Balaban J connectivity index is 0.00000529. The van der Waals surface area contributed by atoms with Crippen LogP contribution in [0, 0.1) is 13.8 Å². The summed E-state index contributed by atoms with van der Waals surface area (Å²) in [6, 6.07) is 0. The number of halogens is 1. The third-order valence-corrected chi connectivity index (χ3v) is 4.48. The van der Waals surface area contributed by atoms with E-state index >= 15 is 0 Å². The summed E-state index contributed by atoms with van der Waals surface area (Å²) in [6.07, 6.45) is 4.28. The lowest BCUT2D eigenvalue weighted by atomic mass is 10.3. The summed E-state index contributed by atoms with van der Waals surface area (Å²) >= 11 is 1.78. The number of hydrogen-bond donors (Lipinski definition) is 2. The lowest BCUT2D eigenvalue weighted by molar-refractivity contribution is 0.130. The number of ether oxygens (including phenoxy) is 1. The highest BCUT2D eigenvalue weighted by Crippen LogP contribution is 2.16. The van der Waals surface area contributed by atoms with Crippen molar-refractivity contribution >= 4 is 41.3 Å². The van der Waals surface area contributed by atoms with Crippen LogP contribution in [-0.2, 0) is 11.2 Å². The second-order valence-electron chi connectivity index (χ2n) is 5.50. The molecule has 7 heteroatoms. The molecule has 1 rings (SSSR count). The first-order valence-corrected chi connectivity index (χ1v) is 9.51. The molecule has 0 atom stereocenters. The largest absolute Gasteiger partial charge is 0.381 e. The molecule has 140 valence electrons. The molecule has 0 aliphatic heterocycles. The lowest BCUT2D eigenvalue weighted by Crippen LogP contribution is -2.38. The van der Waals surface area contributed by atoms with Gasteiger partial charge in [0.25, 0.3) is 0 Å². The van der Waals surface area contributed by atoms with E-state index in [0.717, 1.165) is 68.8 Å². The Morgan fingerprint density at radius 2 is 1.92 bits per heavy atom. The first kappa shape index (κ1) is 23.6. The van der Waals surface area contributed by atoms with Crippen molar-refractivity contribution in [2.45, 2.75) is 53.4 Å². The number of hydrogen-bond acceptors (Lipinski definition) is 4. The first-order chi connectivity index (χ1) is 11.2. The molecule has 0 saturated carbocycles. The molecule has 0 spiro atoms. The fourth-order valence-corrected chi connectivity index (χ4v) is 3.08. The van der Waals surface area contributed by atoms with Crippen LogP contribution in [0.2, 0.25) is 0 Å². The second kappa shape index (κ2) is 14.9. The maximum absolute atomic E-state index is 5.55. The summed E-state index contributed by atoms with van der Waals surface area (Å²) in [7, 11) is 0. The molecule has 1 heterocycles. The Morgan fingerprint density at radius 3 is 2.54 bits per heavy atom. The van der Waals surface area contributed by atoms with Crippen LogP contribution in [0.1, 0.15) is 48.7 Å². The fraction of sp³-hybridized carbons (Fsp3) is 0.765. The van der Waals surface area contributed by atoms with Gasteiger partial charge in [0.2, 0.25) is 0 Å². The molecule has 1 aromatic rings. The number of nitrogens with one attached hydrogen (secondary N) is 2. The van der Waals surface area contributed by atoms with Gasteiger partial charge in [-0.1, -0.05) is 13.3 Å². The molecule has 24 heavy (non-hydrogen) atoms. The molecular formula is C17H33IN4OS. The van der Waals surface area contributed by atoms with E-state index < -0.39 is 0 Å². The van der Waals surface area contributed by atoms with E-state index in [0.29, 0.717) is 0 Å². The van der Waals surface area contributed by atoms with Crippen LogP contribution in [0.3, 0.4) is 0 Å². The van der Waals surface area contributed by atoms with Crippen LogP contribution in [0.15, 0.2) is 4.99 Å². The maximum atomic E-state index is 5.55. The number of aliphatic imine (C=N–C) groups is 1. The van der Waals surface area contributed by atoms with Crippen LogP contribution in [0.25, 0.3) is 0 Å². The Bertz CT molecular complexity index is 465. The third-order valence-electron chi connectivity index (χ3n) is 3.35. The zero-order valence-electron chi connectivity index (χ0n) is 15.5. The summed E-state index contributed by atoms with van der Waals surface area (Å²) in [5.74, 6) is 0.889. The van der Waals surface area contributed by atoms with Gasteiger partial charge in [0.1, 0.15) is 0 Å². The fourth-order valence-electron chi connectivity index (χ4n) is 2.15. The molecular weight excluding hydrogens is 435 g/mol. The standard InChI is InChI=1S/C17H32N4OS.HI/c1-5-7-12-22-13-8-10-19-17(18-6-2)20-11-9-16-14(3)21-15(4)23-16;/h5-13H2,1-4H3,(H2,18,19,20);1H. The van der Waals surface area contributed by atoms with Crippen LogP contribution in [0.5, 0.6) is 0 Å². The van der Waals surface area contributed by atoms with Crippen LogP contribution >= 0.6 is 35.3 Å². The minimum Gasteiger partial charge on any atom is -0.381 e. The number of nitrogens with zero attached hydrogens (tertiary/aromatic N) is 2. The molecule has 5 nitrogen and oxygen atoms in total. The maximum Gasteiger partial charge on any atom is 0.191 e. The topological polar surface area (TPSA) is 58.5 Å². The van der Waals surface area contributed by atoms with Crippen molar-refractivity contribution in [2.75, 3.05) is 32.8 Å². The van der Waals surface area contributed by atoms with Gasteiger partial charge in [-0.3, -0.25) is 4.99 Å². The van der Waals surface area contributed by atoms with Crippen molar-refractivity contribution in [3.05, 3.63) is 15.6 Å². The number of aromatic nitrogens is 1. The van der Waals surface area contributed by atoms with Crippen molar-refractivity contribution in [3.63, 3.8) is 0 Å². The highest BCUT2D eigenvalue weighted by Gasteiger charge is 2.05. The Labute approximate surface area is 168 Å². The van der Waals surface area contributed by atoms with Gasteiger partial charge in [-0.15, -0.1) is 35.3 Å². The average Bonchev–Trinajstić information content (AvgIpc) is 2.84. The minimum absolute atomic E-state index is 0. The summed E-state index contributed by atoms with van der Waals surface area (Å²) in [5, 5.41) is 7.82. The number of thiazole rings is 1. The molecule has 0 aromatic carbocycles. The second-order valence-corrected chi connectivity index (χ2v) is 6.79. The van der Waals surface area contributed by atoms with Crippen molar-refractivity contribution in [3.8, 4) is 0 Å². The molecule has 0 aliphatic rings.